The zero-order valence-corrected chi connectivity index (χ0v) is 9.81. The Balaban J connectivity index is 2.34. The van der Waals surface area contributed by atoms with Gasteiger partial charge in [0.15, 0.2) is 0 Å². The van der Waals surface area contributed by atoms with E-state index < -0.39 is 6.16 Å². The van der Waals surface area contributed by atoms with Gasteiger partial charge in [-0.25, -0.2) is 4.79 Å². The molecule has 0 N–H and O–H groups in total. The largest absolute Gasteiger partial charge is 0.508 e. The van der Waals surface area contributed by atoms with Crippen molar-refractivity contribution in [1.29, 1.82) is 0 Å². The number of hydrogen-bond acceptors (Lipinski definition) is 3. The molecule has 0 amide bonds. The fourth-order valence-corrected chi connectivity index (χ4v) is 1.27. The van der Waals surface area contributed by atoms with Crippen LogP contribution in [0.3, 0.4) is 0 Å². The lowest BCUT2D eigenvalue weighted by Gasteiger charge is -2.13. The highest BCUT2D eigenvalue weighted by Gasteiger charge is 2.11. The van der Waals surface area contributed by atoms with Crippen LogP contribution in [-0.4, -0.2) is 12.8 Å². The molecule has 3 heteroatoms. The fourth-order valence-electron chi connectivity index (χ4n) is 1.27. The number of carbonyl (C=O) groups is 1. The van der Waals surface area contributed by atoms with Gasteiger partial charge < -0.3 is 9.47 Å². The minimum atomic E-state index is -0.593. The number of carbonyl (C=O) groups excluding carboxylic acids is 1. The molecule has 0 heterocycles. The molecule has 0 saturated heterocycles. The molecule has 16 heavy (non-hydrogen) atoms. The van der Waals surface area contributed by atoms with Crippen LogP contribution in [0.4, 0.5) is 4.79 Å². The number of unbranched alkanes of at least 4 members (excludes halogenated alkanes) is 1. The minimum Gasteiger partial charge on any atom is -0.434 e. The molecule has 0 bridgehead atoms. The summed E-state index contributed by atoms with van der Waals surface area (Å²) < 4.78 is 10.0. The van der Waals surface area contributed by atoms with Gasteiger partial charge in [0.05, 0.1) is 6.61 Å². The van der Waals surface area contributed by atoms with Crippen molar-refractivity contribution in [3.8, 4) is 0 Å². The van der Waals surface area contributed by atoms with Crippen molar-refractivity contribution >= 4 is 6.16 Å². The summed E-state index contributed by atoms with van der Waals surface area (Å²) in [6.45, 7) is 4.30. The van der Waals surface area contributed by atoms with Crippen molar-refractivity contribution < 1.29 is 14.3 Å². The summed E-state index contributed by atoms with van der Waals surface area (Å²) in [5, 5.41) is 0. The Hall–Kier alpha value is -1.51. The lowest BCUT2D eigenvalue weighted by atomic mass is 10.1. The van der Waals surface area contributed by atoms with E-state index in [1.54, 1.807) is 0 Å². The molecular weight excluding hydrogens is 204 g/mol. The summed E-state index contributed by atoms with van der Waals surface area (Å²) in [5.41, 5.74) is 0.968. The van der Waals surface area contributed by atoms with Gasteiger partial charge in [0.2, 0.25) is 0 Å². The van der Waals surface area contributed by atoms with Crippen molar-refractivity contribution in [2.75, 3.05) is 6.61 Å². The molecule has 0 aliphatic heterocycles. The van der Waals surface area contributed by atoms with E-state index in [2.05, 4.69) is 0 Å². The van der Waals surface area contributed by atoms with E-state index in [1.165, 1.54) is 0 Å². The van der Waals surface area contributed by atoms with Crippen LogP contribution in [0.25, 0.3) is 0 Å². The molecular formula is C13H18O3. The van der Waals surface area contributed by atoms with Crippen LogP contribution >= 0.6 is 0 Å². The molecule has 0 spiro atoms. The summed E-state index contributed by atoms with van der Waals surface area (Å²) in [6.07, 6.45) is 1.01. The van der Waals surface area contributed by atoms with Crippen molar-refractivity contribution in [3.63, 3.8) is 0 Å². The normalized spacial score (nSPS) is 11.9. The second-order valence-corrected chi connectivity index (χ2v) is 3.62. The van der Waals surface area contributed by atoms with Gasteiger partial charge in [0.1, 0.15) is 6.10 Å². The maximum Gasteiger partial charge on any atom is 0.508 e. The Morgan fingerprint density at radius 2 is 2.00 bits per heavy atom. The summed E-state index contributed by atoms with van der Waals surface area (Å²) in [4.78, 5) is 11.3. The first-order chi connectivity index (χ1) is 7.74. The van der Waals surface area contributed by atoms with Crippen molar-refractivity contribution in [1.82, 2.24) is 0 Å². The molecule has 1 aromatic carbocycles. The van der Waals surface area contributed by atoms with Gasteiger partial charge >= 0.3 is 6.16 Å². The Morgan fingerprint density at radius 1 is 1.31 bits per heavy atom. The van der Waals surface area contributed by atoms with Crippen LogP contribution in [0, 0.1) is 0 Å². The Morgan fingerprint density at radius 3 is 2.62 bits per heavy atom. The first-order valence-electron chi connectivity index (χ1n) is 5.62. The van der Waals surface area contributed by atoms with Crippen molar-refractivity contribution in [3.05, 3.63) is 35.9 Å². The number of rotatable bonds is 5. The summed E-state index contributed by atoms with van der Waals surface area (Å²) in [5.74, 6) is 0. The second-order valence-electron chi connectivity index (χ2n) is 3.62. The Bertz CT molecular complexity index is 308. The minimum absolute atomic E-state index is 0.268. The zero-order chi connectivity index (χ0) is 11.8. The van der Waals surface area contributed by atoms with Crippen LogP contribution in [-0.2, 0) is 9.47 Å². The molecule has 1 atom stereocenters. The number of benzene rings is 1. The molecule has 1 rings (SSSR count). The maximum atomic E-state index is 11.3. The molecule has 0 aromatic heterocycles. The summed E-state index contributed by atoms with van der Waals surface area (Å²) in [6, 6.07) is 9.60. The third-order valence-electron chi connectivity index (χ3n) is 2.26. The van der Waals surface area contributed by atoms with E-state index in [1.807, 2.05) is 44.2 Å². The molecule has 0 aliphatic carbocycles. The fraction of sp³-hybridized carbons (Fsp3) is 0.462. The number of hydrogen-bond donors (Lipinski definition) is 0. The average Bonchev–Trinajstić information content (AvgIpc) is 2.30. The third kappa shape index (κ3) is 4.34. The molecule has 88 valence electrons. The molecule has 0 radical (unpaired) electrons. The second kappa shape index (κ2) is 6.88. The topological polar surface area (TPSA) is 35.5 Å². The summed E-state index contributed by atoms with van der Waals surface area (Å²) >= 11 is 0. The molecule has 0 saturated carbocycles. The van der Waals surface area contributed by atoms with Gasteiger partial charge in [-0.2, -0.15) is 0 Å². The van der Waals surface area contributed by atoms with Crippen molar-refractivity contribution in [2.45, 2.75) is 32.8 Å². The molecule has 0 aliphatic rings. The van der Waals surface area contributed by atoms with Gasteiger partial charge in [-0.3, -0.25) is 0 Å². The quantitative estimate of drug-likeness (QED) is 0.563. The standard InChI is InChI=1S/C13H18O3/c1-3-4-10-15-13(14)16-11(2)12-8-6-5-7-9-12/h5-9,11H,3-4,10H2,1-2H3. The van der Waals surface area contributed by atoms with E-state index in [-0.39, 0.29) is 6.10 Å². The molecule has 1 unspecified atom stereocenters. The third-order valence-corrected chi connectivity index (χ3v) is 2.26. The van der Waals surface area contributed by atoms with E-state index in [4.69, 9.17) is 9.47 Å². The van der Waals surface area contributed by atoms with E-state index >= 15 is 0 Å². The molecule has 3 nitrogen and oxygen atoms in total. The first kappa shape index (κ1) is 12.6. The van der Waals surface area contributed by atoms with Gasteiger partial charge in [-0.15, -0.1) is 0 Å². The zero-order valence-electron chi connectivity index (χ0n) is 9.81. The number of ether oxygens (including phenoxy) is 2. The highest BCUT2D eigenvalue weighted by atomic mass is 16.7. The van der Waals surface area contributed by atoms with Gasteiger partial charge in [-0.1, -0.05) is 43.7 Å². The summed E-state index contributed by atoms with van der Waals surface area (Å²) in [7, 11) is 0. The maximum absolute atomic E-state index is 11.3. The smallest absolute Gasteiger partial charge is 0.434 e. The Labute approximate surface area is 96.4 Å². The lowest BCUT2D eigenvalue weighted by Crippen LogP contribution is -2.11. The monoisotopic (exact) mass is 222 g/mol. The predicted molar refractivity (Wildman–Crippen MR) is 62.2 cm³/mol. The van der Waals surface area contributed by atoms with E-state index in [0.717, 1.165) is 18.4 Å². The first-order valence-corrected chi connectivity index (χ1v) is 5.62. The Kier molecular flexibility index (Phi) is 5.40. The highest BCUT2D eigenvalue weighted by Crippen LogP contribution is 2.16. The van der Waals surface area contributed by atoms with Crippen LogP contribution in [0.2, 0.25) is 0 Å². The highest BCUT2D eigenvalue weighted by molar-refractivity contribution is 5.60. The SMILES string of the molecule is CCCCOC(=O)OC(C)c1ccccc1. The molecule has 1 aromatic rings. The van der Waals surface area contributed by atoms with E-state index in [0.29, 0.717) is 6.61 Å². The average molecular weight is 222 g/mol. The van der Waals surface area contributed by atoms with Gasteiger partial charge in [0.25, 0.3) is 0 Å². The van der Waals surface area contributed by atoms with E-state index in [9.17, 15) is 4.79 Å². The van der Waals surface area contributed by atoms with Gasteiger partial charge in [0, 0.05) is 0 Å². The van der Waals surface area contributed by atoms with Crippen LogP contribution in [0.1, 0.15) is 38.4 Å². The van der Waals surface area contributed by atoms with Gasteiger partial charge in [-0.05, 0) is 18.9 Å². The van der Waals surface area contributed by atoms with Crippen LogP contribution < -0.4 is 0 Å². The van der Waals surface area contributed by atoms with Crippen LogP contribution in [0.5, 0.6) is 0 Å². The predicted octanol–water partition coefficient (Wildman–Crippen LogP) is 3.70. The molecule has 0 fully saturated rings. The van der Waals surface area contributed by atoms with Crippen molar-refractivity contribution in [2.24, 2.45) is 0 Å². The lowest BCUT2D eigenvalue weighted by molar-refractivity contribution is 0.0279. The van der Waals surface area contributed by atoms with Crippen LogP contribution in [0.15, 0.2) is 30.3 Å².